The number of rotatable bonds is 7. The van der Waals surface area contributed by atoms with Crippen LogP contribution < -0.4 is 36.3 Å². The van der Waals surface area contributed by atoms with E-state index in [-0.39, 0.29) is 0 Å². The Bertz CT molecular complexity index is 2310. The van der Waals surface area contributed by atoms with Crippen molar-refractivity contribution in [3.63, 3.8) is 0 Å². The molecule has 0 nitrogen and oxygen atoms in total. The zero-order valence-electron chi connectivity index (χ0n) is 31.9. The van der Waals surface area contributed by atoms with Crippen LogP contribution >= 0.6 is 73.4 Å². The Morgan fingerprint density at radius 2 is 0.638 bits per heavy atom. The molecule has 8 aromatic rings. The van der Waals surface area contributed by atoms with Crippen molar-refractivity contribution in [2.24, 2.45) is 0 Å². The van der Waals surface area contributed by atoms with Gasteiger partial charge in [0, 0.05) is 4.47 Å². The van der Waals surface area contributed by atoms with Crippen LogP contribution in [0.4, 0.5) is 0 Å². The van der Waals surface area contributed by atoms with Gasteiger partial charge in [-0.1, -0.05) is 234 Å². The molecule has 0 atom stereocenters. The van der Waals surface area contributed by atoms with Gasteiger partial charge in [0.15, 0.2) is 8.07 Å². The normalized spacial score (nSPS) is 11.1. The summed E-state index contributed by atoms with van der Waals surface area (Å²) in [6.07, 6.45) is 0. The number of halogens is 6. The molecule has 0 bridgehead atoms. The lowest BCUT2D eigenvalue weighted by Gasteiger charge is -2.35. The summed E-state index contributed by atoms with van der Waals surface area (Å²) in [5.41, 5.74) is 2.21. The van der Waals surface area contributed by atoms with Gasteiger partial charge in [0.1, 0.15) is 0 Å². The lowest BCUT2D eigenvalue weighted by atomic mass is 10.2. The fourth-order valence-electron chi connectivity index (χ4n) is 7.21. The molecule has 58 heavy (non-hydrogen) atoms. The Kier molecular flexibility index (Phi) is 15.4. The topological polar surface area (TPSA) is 0 Å². The van der Waals surface area contributed by atoms with Crippen molar-refractivity contribution in [2.75, 3.05) is 0 Å². The van der Waals surface area contributed by atoms with Gasteiger partial charge in [-0.3, -0.25) is 0 Å². The molecule has 0 N–H and O–H groups in total. The van der Waals surface area contributed by atoms with Crippen LogP contribution in [-0.2, 0) is 0 Å². The second-order valence-electron chi connectivity index (χ2n) is 13.8. The van der Waals surface area contributed by atoms with Gasteiger partial charge < -0.3 is 0 Å². The summed E-state index contributed by atoms with van der Waals surface area (Å²) < 4.78 is 0.846. The van der Waals surface area contributed by atoms with E-state index in [0.717, 1.165) is 20.8 Å². The van der Waals surface area contributed by atoms with E-state index >= 15 is 0 Å². The van der Waals surface area contributed by atoms with Crippen LogP contribution in [0.2, 0.25) is 20.1 Å². The zero-order chi connectivity index (χ0) is 41.1. The minimum absolute atomic E-state index is 0.576. The van der Waals surface area contributed by atoms with Gasteiger partial charge in [0.25, 0.3) is 0 Å². The first-order valence-corrected chi connectivity index (χ1v) is 26.0. The molecular formula is C50H40BrCl5Si2. The van der Waals surface area contributed by atoms with Crippen LogP contribution in [0.15, 0.2) is 211 Å². The molecule has 0 fully saturated rings. The maximum atomic E-state index is 7.25. The Hall–Kier alpha value is -3.88. The highest BCUT2D eigenvalue weighted by atomic mass is 79.9. The molecule has 0 saturated carbocycles. The van der Waals surface area contributed by atoms with Gasteiger partial charge in [0.2, 0.25) is 7.38 Å². The molecule has 8 heteroatoms. The molecule has 0 spiro atoms. The van der Waals surface area contributed by atoms with E-state index in [9.17, 15) is 0 Å². The van der Waals surface area contributed by atoms with Gasteiger partial charge in [-0.15, -0.1) is 11.1 Å². The van der Waals surface area contributed by atoms with Gasteiger partial charge in [-0.25, -0.2) is 0 Å². The van der Waals surface area contributed by atoms with Crippen molar-refractivity contribution in [3.05, 3.63) is 242 Å². The van der Waals surface area contributed by atoms with E-state index in [2.05, 4.69) is 193 Å². The summed E-state index contributed by atoms with van der Waals surface area (Å²) in [4.78, 5) is 0. The summed E-state index contributed by atoms with van der Waals surface area (Å²) in [7, 11) is -5.03. The predicted molar refractivity (Wildman–Crippen MR) is 264 cm³/mol. The lowest BCUT2D eigenvalue weighted by Crippen LogP contribution is -2.75. The molecule has 8 aromatic carbocycles. The standard InChI is InChI=1S/C25H20Cl2Si.C18H15ClSi.C7H5BrCl2/c1-19-17-23(26)25(27)24(18-19)28(20-11-5-2-6-12-20,21-13-7-3-8-14-21)22-15-9-4-10-16-22;19-20(16-10-4-1-5-11-16,17-12-6-2-7-13-17)18-14-8-3-9-15-18;1-4-2-5(8)7(10)6(9)3-4/h2-18H,1H3;1-15H;2-3H,1H3. The third kappa shape index (κ3) is 9.76. The van der Waals surface area contributed by atoms with Crippen LogP contribution in [0.1, 0.15) is 11.1 Å². The van der Waals surface area contributed by atoms with Gasteiger partial charge in [0.05, 0.1) is 20.1 Å². The van der Waals surface area contributed by atoms with E-state index in [0.29, 0.717) is 20.1 Å². The van der Waals surface area contributed by atoms with Gasteiger partial charge in [-0.05, 0) is 95.4 Å². The lowest BCUT2D eigenvalue weighted by molar-refractivity contribution is 1.45. The highest BCUT2D eigenvalue weighted by Crippen LogP contribution is 2.31. The van der Waals surface area contributed by atoms with Crippen molar-refractivity contribution in [1.29, 1.82) is 0 Å². The highest BCUT2D eigenvalue weighted by Gasteiger charge is 2.43. The summed E-state index contributed by atoms with van der Waals surface area (Å²) in [6.45, 7) is 4.04. The Labute approximate surface area is 377 Å². The molecule has 0 amide bonds. The highest BCUT2D eigenvalue weighted by molar-refractivity contribution is 9.10. The van der Waals surface area contributed by atoms with E-state index in [1.54, 1.807) is 0 Å². The van der Waals surface area contributed by atoms with E-state index in [1.165, 1.54) is 31.1 Å². The Morgan fingerprint density at radius 3 is 0.948 bits per heavy atom. The molecular weight excluding hydrogens is 914 g/mol. The van der Waals surface area contributed by atoms with Crippen LogP contribution in [-0.4, -0.2) is 15.5 Å². The first-order valence-electron chi connectivity index (χ1n) is 18.7. The quantitative estimate of drug-likeness (QED) is 0.0646. The summed E-state index contributed by atoms with van der Waals surface area (Å²) in [6, 6.07) is 71.3. The van der Waals surface area contributed by atoms with Crippen molar-refractivity contribution in [3.8, 4) is 0 Å². The maximum Gasteiger partial charge on any atom is 0.247 e. The number of hydrogen-bond donors (Lipinski definition) is 0. The smallest absolute Gasteiger partial charge is 0.149 e. The second kappa shape index (κ2) is 20.4. The van der Waals surface area contributed by atoms with Crippen molar-refractivity contribution < 1.29 is 0 Å². The summed E-state index contributed by atoms with van der Waals surface area (Å²) in [5.74, 6) is 0. The molecule has 0 aromatic heterocycles. The van der Waals surface area contributed by atoms with Crippen molar-refractivity contribution in [1.82, 2.24) is 0 Å². The number of benzene rings is 8. The molecule has 0 saturated heterocycles. The van der Waals surface area contributed by atoms with E-state index in [1.807, 2.05) is 43.3 Å². The molecule has 0 aliphatic carbocycles. The molecule has 0 unspecified atom stereocenters. The third-order valence-electron chi connectivity index (χ3n) is 9.84. The third-order valence-corrected chi connectivity index (χ3v) is 22.6. The summed E-state index contributed by atoms with van der Waals surface area (Å²) in [5, 5.41) is 11.1. The second-order valence-corrected chi connectivity index (χ2v) is 24.7. The van der Waals surface area contributed by atoms with Crippen LogP contribution in [0.5, 0.6) is 0 Å². The SMILES string of the molecule is Cc1cc(Cl)c(Cl)c(Br)c1.Cc1cc(Cl)c(Cl)c([Si](c2ccccc2)(c2ccccc2)c2ccccc2)c1.Cl[Si](c1ccccc1)(c1ccccc1)c1ccccc1. The van der Waals surface area contributed by atoms with Gasteiger partial charge in [-0.2, -0.15) is 0 Å². The molecule has 0 aliphatic rings. The van der Waals surface area contributed by atoms with Crippen molar-refractivity contribution in [2.45, 2.75) is 13.8 Å². The van der Waals surface area contributed by atoms with Crippen LogP contribution in [0.25, 0.3) is 0 Å². The minimum Gasteiger partial charge on any atom is -0.149 e. The van der Waals surface area contributed by atoms with E-state index < -0.39 is 15.5 Å². The molecule has 290 valence electrons. The van der Waals surface area contributed by atoms with Crippen LogP contribution in [0.3, 0.4) is 0 Å². The molecule has 0 aliphatic heterocycles. The maximum absolute atomic E-state index is 7.25. The van der Waals surface area contributed by atoms with Crippen LogP contribution in [0, 0.1) is 13.8 Å². The molecule has 8 rings (SSSR count). The molecule has 0 radical (unpaired) electrons. The summed E-state index contributed by atoms with van der Waals surface area (Å²) >= 11 is 35.5. The first kappa shape index (κ1) is 43.7. The fourth-order valence-corrected chi connectivity index (χ4v) is 18.2. The van der Waals surface area contributed by atoms with E-state index in [4.69, 9.17) is 57.5 Å². The fraction of sp³-hybridized carbons (Fsp3) is 0.0400. The minimum atomic E-state index is -2.62. The first-order chi connectivity index (χ1) is 28.1. The Balaban J connectivity index is 0.000000164. The van der Waals surface area contributed by atoms with Gasteiger partial charge >= 0.3 is 0 Å². The average Bonchev–Trinajstić information content (AvgIpc) is 3.27. The largest absolute Gasteiger partial charge is 0.247 e. The molecule has 0 heterocycles. The zero-order valence-corrected chi connectivity index (χ0v) is 39.3. The van der Waals surface area contributed by atoms with Crippen molar-refractivity contribution >= 4 is 125 Å². The predicted octanol–water partition coefficient (Wildman–Crippen LogP) is 11.6. The average molecular weight is 954 g/mol. The monoisotopic (exact) mass is 950 g/mol. The number of hydrogen-bond acceptors (Lipinski definition) is 0. The Morgan fingerprint density at radius 1 is 0.362 bits per heavy atom. The number of aryl methyl sites for hydroxylation is 2.